The molecule has 2 N–H and O–H groups in total. The summed E-state index contributed by atoms with van der Waals surface area (Å²) in [5.41, 5.74) is 2.88. The maximum Gasteiger partial charge on any atom is 0.336 e. The average molecular weight is 436 g/mol. The summed E-state index contributed by atoms with van der Waals surface area (Å²) in [5, 5.41) is 23.1. The molecule has 30 heavy (non-hydrogen) atoms. The number of hydrogen-bond acceptors (Lipinski definition) is 6. The number of thiazole rings is 1. The van der Waals surface area contributed by atoms with Crippen LogP contribution in [0.25, 0.3) is 27.8 Å². The number of amidine groups is 1. The highest BCUT2D eigenvalue weighted by atomic mass is 35.5. The largest absolute Gasteiger partial charge is 0.510 e. The van der Waals surface area contributed by atoms with Crippen LogP contribution in [0.3, 0.4) is 0 Å². The highest BCUT2D eigenvalue weighted by molar-refractivity contribution is 7.11. The zero-order valence-corrected chi connectivity index (χ0v) is 17.0. The lowest BCUT2D eigenvalue weighted by molar-refractivity contribution is 0.411. The Morgan fingerprint density at radius 1 is 1.13 bits per heavy atom. The molecule has 5 rings (SSSR count). The van der Waals surface area contributed by atoms with E-state index in [9.17, 15) is 9.90 Å². The molecule has 0 saturated carbocycles. The Bertz CT molecular complexity index is 1390. The maximum absolute atomic E-state index is 11.4. The predicted molar refractivity (Wildman–Crippen MR) is 120 cm³/mol. The van der Waals surface area contributed by atoms with Gasteiger partial charge in [-0.2, -0.15) is 0 Å². The fourth-order valence-corrected chi connectivity index (χ4v) is 4.42. The number of nitrogens with zero attached hydrogens (tertiary/aromatic N) is 2. The minimum absolute atomic E-state index is 0.0942. The van der Waals surface area contributed by atoms with E-state index in [1.165, 1.54) is 17.4 Å². The Kier molecular flexibility index (Phi) is 4.42. The van der Waals surface area contributed by atoms with Gasteiger partial charge >= 0.3 is 5.63 Å². The van der Waals surface area contributed by atoms with Crippen molar-refractivity contribution in [1.82, 2.24) is 4.98 Å². The zero-order chi connectivity index (χ0) is 20.8. The third kappa shape index (κ3) is 3.18. The molecule has 0 radical (unpaired) electrons. The van der Waals surface area contributed by atoms with Crippen LogP contribution < -0.4 is 10.5 Å². The first kappa shape index (κ1) is 18.6. The summed E-state index contributed by atoms with van der Waals surface area (Å²) in [6.07, 6.45) is 0. The van der Waals surface area contributed by atoms with Gasteiger partial charge in [0.2, 0.25) is 0 Å². The molecule has 0 bridgehead atoms. The molecule has 2 aromatic carbocycles. The monoisotopic (exact) mass is 435 g/mol. The molecule has 0 atom stereocenters. The van der Waals surface area contributed by atoms with Gasteiger partial charge in [-0.05, 0) is 36.4 Å². The Hall–Kier alpha value is -3.42. The van der Waals surface area contributed by atoms with Crippen molar-refractivity contribution in [2.45, 2.75) is 0 Å². The van der Waals surface area contributed by atoms with E-state index in [1.807, 2.05) is 23.6 Å². The Labute approximate surface area is 179 Å². The van der Waals surface area contributed by atoms with Crippen LogP contribution in [0, 0.1) is 5.41 Å². The van der Waals surface area contributed by atoms with Gasteiger partial charge in [0, 0.05) is 33.1 Å². The minimum Gasteiger partial charge on any atom is -0.510 e. The van der Waals surface area contributed by atoms with Crippen molar-refractivity contribution in [2.24, 2.45) is 0 Å². The molecule has 1 aliphatic rings. The van der Waals surface area contributed by atoms with E-state index in [2.05, 4.69) is 4.98 Å². The second-order valence-electron chi connectivity index (χ2n) is 6.78. The number of nitrogens with one attached hydrogen (secondary N) is 1. The lowest BCUT2D eigenvalue weighted by atomic mass is 10.2. The van der Waals surface area contributed by atoms with Crippen molar-refractivity contribution in [3.63, 3.8) is 0 Å². The highest BCUT2D eigenvalue weighted by Gasteiger charge is 2.31. The van der Waals surface area contributed by atoms with Crippen LogP contribution in [0.1, 0.15) is 5.01 Å². The van der Waals surface area contributed by atoms with E-state index >= 15 is 0 Å². The standard InChI is InChI=1S/C22H14ClN3O3S/c23-14-4-1-12(2-5-14)16-11-30-22(25-16)20-17(27)10-26(21(20)24)15-6-7-18-13(9-15)3-8-19(28)29-18/h1-9,11,24,27H,10H2. The first-order valence-corrected chi connectivity index (χ1v) is 10.3. The van der Waals surface area contributed by atoms with Gasteiger partial charge in [0.25, 0.3) is 0 Å². The Balaban J connectivity index is 1.46. The molecular formula is C22H14ClN3O3S. The molecule has 1 aliphatic heterocycles. The average Bonchev–Trinajstić information content (AvgIpc) is 3.32. The number of hydrogen-bond donors (Lipinski definition) is 2. The number of halogens is 1. The van der Waals surface area contributed by atoms with Crippen LogP contribution in [-0.2, 0) is 0 Å². The van der Waals surface area contributed by atoms with Gasteiger partial charge in [-0.1, -0.05) is 23.7 Å². The van der Waals surface area contributed by atoms with Crippen LogP contribution >= 0.6 is 22.9 Å². The molecule has 4 aromatic rings. The van der Waals surface area contributed by atoms with Gasteiger partial charge in [0.15, 0.2) is 0 Å². The fourth-order valence-electron chi connectivity index (χ4n) is 3.39. The van der Waals surface area contributed by atoms with E-state index in [0.29, 0.717) is 21.2 Å². The van der Waals surface area contributed by atoms with Crippen molar-refractivity contribution >= 4 is 51.0 Å². The lowest BCUT2D eigenvalue weighted by Gasteiger charge is -2.18. The van der Waals surface area contributed by atoms with E-state index in [1.54, 1.807) is 35.2 Å². The van der Waals surface area contributed by atoms with E-state index in [4.69, 9.17) is 21.4 Å². The van der Waals surface area contributed by atoms with Crippen molar-refractivity contribution < 1.29 is 9.52 Å². The molecule has 0 spiro atoms. The van der Waals surface area contributed by atoms with Crippen molar-refractivity contribution in [3.05, 3.63) is 86.2 Å². The maximum atomic E-state index is 11.4. The van der Waals surface area contributed by atoms with E-state index in [0.717, 1.165) is 22.3 Å². The molecule has 2 aromatic heterocycles. The van der Waals surface area contributed by atoms with Gasteiger partial charge in [-0.3, -0.25) is 5.41 Å². The summed E-state index contributed by atoms with van der Waals surface area (Å²) in [5.74, 6) is 0.262. The number of anilines is 1. The number of fused-ring (bicyclic) bond motifs is 1. The number of aromatic nitrogens is 1. The fraction of sp³-hybridized carbons (Fsp3) is 0.0455. The van der Waals surface area contributed by atoms with Crippen LogP contribution in [-0.4, -0.2) is 22.5 Å². The molecule has 148 valence electrons. The molecule has 0 unspecified atom stereocenters. The van der Waals surface area contributed by atoms with E-state index < -0.39 is 5.63 Å². The van der Waals surface area contributed by atoms with Crippen LogP contribution in [0.15, 0.2) is 74.9 Å². The molecule has 3 heterocycles. The van der Waals surface area contributed by atoms with Gasteiger partial charge < -0.3 is 14.4 Å². The Morgan fingerprint density at radius 3 is 2.73 bits per heavy atom. The van der Waals surface area contributed by atoms with Gasteiger partial charge in [0.05, 0.1) is 17.8 Å². The summed E-state index contributed by atoms with van der Waals surface area (Å²) in [4.78, 5) is 17.7. The molecule has 0 amide bonds. The highest BCUT2D eigenvalue weighted by Crippen LogP contribution is 2.35. The second-order valence-corrected chi connectivity index (χ2v) is 8.07. The molecule has 0 aliphatic carbocycles. The minimum atomic E-state index is -0.411. The number of rotatable bonds is 3. The molecule has 8 heteroatoms. The van der Waals surface area contributed by atoms with Crippen LogP contribution in [0.4, 0.5) is 5.69 Å². The van der Waals surface area contributed by atoms with Crippen molar-refractivity contribution in [3.8, 4) is 11.3 Å². The van der Waals surface area contributed by atoms with Crippen molar-refractivity contribution in [2.75, 3.05) is 11.4 Å². The smallest absolute Gasteiger partial charge is 0.336 e. The van der Waals surface area contributed by atoms with Gasteiger partial charge in [0.1, 0.15) is 22.2 Å². The quantitative estimate of drug-likeness (QED) is 0.424. The van der Waals surface area contributed by atoms with Crippen LogP contribution in [0.2, 0.25) is 5.02 Å². The number of benzene rings is 2. The number of aliphatic hydroxyl groups excluding tert-OH is 1. The normalized spacial score (nSPS) is 14.2. The molecular weight excluding hydrogens is 422 g/mol. The van der Waals surface area contributed by atoms with Gasteiger partial charge in [-0.15, -0.1) is 11.3 Å². The summed E-state index contributed by atoms with van der Waals surface area (Å²) < 4.78 is 5.17. The van der Waals surface area contributed by atoms with Crippen LogP contribution in [0.5, 0.6) is 0 Å². The number of aliphatic hydroxyl groups is 1. The zero-order valence-electron chi connectivity index (χ0n) is 15.4. The predicted octanol–water partition coefficient (Wildman–Crippen LogP) is 5.34. The second kappa shape index (κ2) is 7.12. The summed E-state index contributed by atoms with van der Waals surface area (Å²) in [6.45, 7) is 0.173. The Morgan fingerprint density at radius 2 is 1.93 bits per heavy atom. The first-order valence-electron chi connectivity index (χ1n) is 9.04. The first-order chi connectivity index (χ1) is 14.5. The molecule has 0 fully saturated rings. The third-order valence-corrected chi connectivity index (χ3v) is 5.99. The topological polar surface area (TPSA) is 90.4 Å². The summed E-state index contributed by atoms with van der Waals surface area (Å²) in [6, 6.07) is 15.7. The third-order valence-electron chi connectivity index (χ3n) is 4.88. The lowest BCUT2D eigenvalue weighted by Crippen LogP contribution is -2.25. The summed E-state index contributed by atoms with van der Waals surface area (Å²) >= 11 is 7.33. The molecule has 6 nitrogen and oxygen atoms in total. The van der Waals surface area contributed by atoms with Gasteiger partial charge in [-0.25, -0.2) is 9.78 Å². The SMILES string of the molecule is N=C1C(c2nc(-c3ccc(Cl)cc3)cs2)=C(O)CN1c1ccc2oc(=O)ccc2c1. The van der Waals surface area contributed by atoms with E-state index in [-0.39, 0.29) is 18.1 Å². The molecule has 0 saturated heterocycles. The van der Waals surface area contributed by atoms with Crippen molar-refractivity contribution in [1.29, 1.82) is 5.41 Å². The summed E-state index contributed by atoms with van der Waals surface area (Å²) in [7, 11) is 0.